The number of halogens is 2. The molecule has 0 aliphatic carbocycles. The fourth-order valence-electron chi connectivity index (χ4n) is 3.22. The Kier molecular flexibility index (Phi) is 5.56. The third-order valence-electron chi connectivity index (χ3n) is 4.57. The third-order valence-corrected chi connectivity index (χ3v) is 4.57. The van der Waals surface area contributed by atoms with Gasteiger partial charge in [-0.25, -0.2) is 4.39 Å². The van der Waals surface area contributed by atoms with Crippen LogP contribution in [0.25, 0.3) is 10.9 Å². The highest BCUT2D eigenvalue weighted by Gasteiger charge is 2.20. The second-order valence-corrected chi connectivity index (χ2v) is 6.34. The standard InChI is InChI=1S/C19H20FN3O.ClH/c20-16-3-1-14(2-4-16)13-23-9-7-17(8-10-23)24-18-5-6-19-15(11-18)12-21-22-19;/h1-6,11-12,17H,7-10,13H2,(H,21,22);1H. The molecule has 0 bridgehead atoms. The quantitative estimate of drug-likeness (QED) is 0.758. The predicted octanol–water partition coefficient (Wildman–Crippen LogP) is 4.17. The van der Waals surface area contributed by atoms with Crippen LogP contribution in [0, 0.1) is 5.82 Å². The number of hydrogen-bond donors (Lipinski definition) is 1. The van der Waals surface area contributed by atoms with E-state index < -0.39 is 0 Å². The molecule has 132 valence electrons. The minimum absolute atomic E-state index is 0. The summed E-state index contributed by atoms with van der Waals surface area (Å²) in [6.45, 7) is 2.86. The molecule has 0 radical (unpaired) electrons. The number of aromatic amines is 1. The Morgan fingerprint density at radius 1 is 1.12 bits per heavy atom. The van der Waals surface area contributed by atoms with Crippen molar-refractivity contribution < 1.29 is 9.13 Å². The SMILES string of the molecule is Cl.Fc1ccc(CN2CCC(Oc3ccc4[nH]ncc4c3)CC2)cc1. The van der Waals surface area contributed by atoms with Gasteiger partial charge < -0.3 is 4.74 Å². The van der Waals surface area contributed by atoms with Gasteiger partial charge in [-0.1, -0.05) is 12.1 Å². The van der Waals surface area contributed by atoms with Crippen LogP contribution >= 0.6 is 12.4 Å². The Morgan fingerprint density at radius 2 is 1.88 bits per heavy atom. The van der Waals surface area contributed by atoms with Crippen LogP contribution in [0.3, 0.4) is 0 Å². The van der Waals surface area contributed by atoms with E-state index in [1.54, 1.807) is 0 Å². The zero-order valence-electron chi connectivity index (χ0n) is 13.8. The van der Waals surface area contributed by atoms with Gasteiger partial charge in [0.15, 0.2) is 0 Å². The molecule has 0 amide bonds. The fourth-order valence-corrected chi connectivity index (χ4v) is 3.22. The van der Waals surface area contributed by atoms with E-state index in [4.69, 9.17) is 4.74 Å². The lowest BCUT2D eigenvalue weighted by molar-refractivity contribution is 0.0969. The van der Waals surface area contributed by atoms with Crippen LogP contribution in [0.1, 0.15) is 18.4 Å². The number of rotatable bonds is 4. The van der Waals surface area contributed by atoms with Crippen molar-refractivity contribution in [3.05, 3.63) is 60.0 Å². The van der Waals surface area contributed by atoms with E-state index in [1.165, 1.54) is 12.1 Å². The summed E-state index contributed by atoms with van der Waals surface area (Å²) in [4.78, 5) is 2.40. The maximum atomic E-state index is 13.0. The van der Waals surface area contributed by atoms with Crippen molar-refractivity contribution in [3.63, 3.8) is 0 Å². The molecular formula is C19H21ClFN3O. The first-order valence-electron chi connectivity index (χ1n) is 8.33. The van der Waals surface area contributed by atoms with E-state index in [-0.39, 0.29) is 24.3 Å². The van der Waals surface area contributed by atoms with Gasteiger partial charge in [0.05, 0.1) is 11.7 Å². The lowest BCUT2D eigenvalue weighted by Crippen LogP contribution is -2.37. The summed E-state index contributed by atoms with van der Waals surface area (Å²) in [6.07, 6.45) is 4.07. The smallest absolute Gasteiger partial charge is 0.123 e. The van der Waals surface area contributed by atoms with E-state index in [2.05, 4.69) is 15.1 Å². The Labute approximate surface area is 152 Å². The molecule has 6 heteroatoms. The van der Waals surface area contributed by atoms with Crippen molar-refractivity contribution in [2.24, 2.45) is 0 Å². The highest BCUT2D eigenvalue weighted by atomic mass is 35.5. The van der Waals surface area contributed by atoms with Gasteiger partial charge in [-0.05, 0) is 48.7 Å². The van der Waals surface area contributed by atoms with Gasteiger partial charge in [0.25, 0.3) is 0 Å². The molecule has 3 aromatic rings. The lowest BCUT2D eigenvalue weighted by atomic mass is 10.1. The van der Waals surface area contributed by atoms with Crippen molar-refractivity contribution >= 4 is 23.3 Å². The molecule has 4 nitrogen and oxygen atoms in total. The number of hydrogen-bond acceptors (Lipinski definition) is 3. The number of piperidine rings is 1. The van der Waals surface area contributed by atoms with E-state index in [9.17, 15) is 4.39 Å². The summed E-state index contributed by atoms with van der Waals surface area (Å²) >= 11 is 0. The number of aromatic nitrogens is 2. The number of H-pyrrole nitrogens is 1. The molecule has 0 unspecified atom stereocenters. The molecule has 1 aliphatic rings. The summed E-state index contributed by atoms with van der Waals surface area (Å²) < 4.78 is 19.1. The second kappa shape index (κ2) is 7.85. The first kappa shape index (κ1) is 17.7. The molecule has 1 fully saturated rings. The molecule has 0 spiro atoms. The fraction of sp³-hybridized carbons (Fsp3) is 0.316. The molecule has 1 N–H and O–H groups in total. The Hall–Kier alpha value is -2.11. The van der Waals surface area contributed by atoms with Crippen molar-refractivity contribution in [2.75, 3.05) is 13.1 Å². The minimum atomic E-state index is -0.180. The normalized spacial score (nSPS) is 15.9. The summed E-state index contributed by atoms with van der Waals surface area (Å²) in [7, 11) is 0. The van der Waals surface area contributed by atoms with Crippen LogP contribution in [0.2, 0.25) is 0 Å². The van der Waals surface area contributed by atoms with Gasteiger partial charge in [0.1, 0.15) is 17.7 Å². The summed E-state index contributed by atoms with van der Waals surface area (Å²) in [5.41, 5.74) is 2.18. The average Bonchev–Trinajstić information content (AvgIpc) is 3.06. The maximum Gasteiger partial charge on any atom is 0.123 e. The average molecular weight is 362 g/mol. The van der Waals surface area contributed by atoms with Crippen LogP contribution in [0.4, 0.5) is 4.39 Å². The molecule has 4 rings (SSSR count). The van der Waals surface area contributed by atoms with Gasteiger partial charge in [0, 0.05) is 25.0 Å². The first-order chi connectivity index (χ1) is 11.8. The first-order valence-corrected chi connectivity index (χ1v) is 8.33. The highest BCUT2D eigenvalue weighted by Crippen LogP contribution is 2.23. The number of nitrogens with zero attached hydrogens (tertiary/aromatic N) is 2. The number of ether oxygens (including phenoxy) is 1. The van der Waals surface area contributed by atoms with Crippen molar-refractivity contribution in [2.45, 2.75) is 25.5 Å². The van der Waals surface area contributed by atoms with E-state index in [0.717, 1.165) is 54.7 Å². The lowest BCUT2D eigenvalue weighted by Gasteiger charge is -2.32. The zero-order valence-corrected chi connectivity index (χ0v) is 14.6. The monoisotopic (exact) mass is 361 g/mol. The molecule has 1 aliphatic heterocycles. The molecule has 25 heavy (non-hydrogen) atoms. The Morgan fingerprint density at radius 3 is 2.64 bits per heavy atom. The van der Waals surface area contributed by atoms with Crippen LogP contribution in [0.15, 0.2) is 48.7 Å². The van der Waals surface area contributed by atoms with Crippen LogP contribution in [0.5, 0.6) is 5.75 Å². The molecular weight excluding hydrogens is 341 g/mol. The van der Waals surface area contributed by atoms with Crippen molar-refractivity contribution in [1.29, 1.82) is 0 Å². The number of fused-ring (bicyclic) bond motifs is 1. The van der Waals surface area contributed by atoms with Gasteiger partial charge in [0.2, 0.25) is 0 Å². The highest BCUT2D eigenvalue weighted by molar-refractivity contribution is 5.85. The third kappa shape index (κ3) is 4.30. The number of benzene rings is 2. The van der Waals surface area contributed by atoms with Crippen LogP contribution in [-0.2, 0) is 6.54 Å². The second-order valence-electron chi connectivity index (χ2n) is 6.34. The van der Waals surface area contributed by atoms with Gasteiger partial charge in [-0.15, -0.1) is 12.4 Å². The van der Waals surface area contributed by atoms with Gasteiger partial charge in [-0.2, -0.15) is 5.10 Å². The molecule has 1 aromatic heterocycles. The van der Waals surface area contributed by atoms with Gasteiger partial charge >= 0.3 is 0 Å². The molecule has 0 saturated carbocycles. The van der Waals surface area contributed by atoms with Crippen LogP contribution in [-0.4, -0.2) is 34.3 Å². The van der Waals surface area contributed by atoms with E-state index >= 15 is 0 Å². The molecule has 2 aromatic carbocycles. The number of likely N-dealkylation sites (tertiary alicyclic amines) is 1. The van der Waals surface area contributed by atoms with Crippen LogP contribution < -0.4 is 4.74 Å². The topological polar surface area (TPSA) is 41.1 Å². The largest absolute Gasteiger partial charge is 0.490 e. The Bertz CT molecular complexity index is 813. The van der Waals surface area contributed by atoms with E-state index in [1.807, 2.05) is 36.5 Å². The van der Waals surface area contributed by atoms with Crippen molar-refractivity contribution in [3.8, 4) is 5.75 Å². The van der Waals surface area contributed by atoms with Crippen molar-refractivity contribution in [1.82, 2.24) is 15.1 Å². The zero-order chi connectivity index (χ0) is 16.4. The molecule has 2 heterocycles. The summed E-state index contributed by atoms with van der Waals surface area (Å²) in [6, 6.07) is 12.8. The van der Waals surface area contributed by atoms with E-state index in [0.29, 0.717) is 0 Å². The maximum absolute atomic E-state index is 13.0. The number of nitrogens with one attached hydrogen (secondary N) is 1. The Balaban J connectivity index is 0.00000182. The van der Waals surface area contributed by atoms with Gasteiger partial charge in [-0.3, -0.25) is 10.00 Å². The summed E-state index contributed by atoms with van der Waals surface area (Å²) in [5, 5.41) is 8.05. The molecule has 1 saturated heterocycles. The summed E-state index contributed by atoms with van der Waals surface area (Å²) in [5.74, 6) is 0.723. The minimum Gasteiger partial charge on any atom is -0.490 e. The predicted molar refractivity (Wildman–Crippen MR) is 98.7 cm³/mol. The molecule has 0 atom stereocenters.